The van der Waals surface area contributed by atoms with Gasteiger partial charge in [0, 0.05) is 42.7 Å². The lowest BCUT2D eigenvalue weighted by Gasteiger charge is -2.33. The number of nitrogens with zero attached hydrogens (tertiary/aromatic N) is 1. The fourth-order valence-corrected chi connectivity index (χ4v) is 11.4. The number of allylic oxidation sites excluding steroid dienone is 4. The van der Waals surface area contributed by atoms with Crippen molar-refractivity contribution >= 4 is 70.0 Å². The Labute approximate surface area is 331 Å². The van der Waals surface area contributed by atoms with Crippen LogP contribution in [0.2, 0.25) is 0 Å². The lowest BCUT2D eigenvalue weighted by molar-refractivity contribution is 0.602. The predicted molar refractivity (Wildman–Crippen MR) is 240 cm³/mol. The van der Waals surface area contributed by atoms with Gasteiger partial charge in [-0.15, -0.1) is 11.3 Å². The first-order valence-electron chi connectivity index (χ1n) is 19.9. The van der Waals surface area contributed by atoms with E-state index in [0.29, 0.717) is 0 Å². The topological polar surface area (TPSA) is 3.24 Å². The standard InChI is InChI=1S/C54H39NS/c1-54(2)48-14-8-7-13-43(48)46-31-40(23-26-49(46)54)55(39-21-17-34(18-22-39)37-16-15-33-9-3-4-11-36(33)29-37)41-24-28-50-47(32-41)53-51(56-50)27-20-38-30-45-42-12-6-5-10-35(42)19-25-44(45)52(38)53/h3-22,24-25,27-29,31-32H,23,26,30H2,1-2H3. The molecule has 8 aromatic carbocycles. The second-order valence-corrected chi connectivity index (χ2v) is 17.5. The Morgan fingerprint density at radius 3 is 2.18 bits per heavy atom. The average Bonchev–Trinajstić information content (AvgIpc) is 3.88. The van der Waals surface area contributed by atoms with Crippen LogP contribution in [-0.4, -0.2) is 0 Å². The Kier molecular flexibility index (Phi) is 6.81. The van der Waals surface area contributed by atoms with Crippen LogP contribution in [0.3, 0.4) is 0 Å². The van der Waals surface area contributed by atoms with Gasteiger partial charge in [0.1, 0.15) is 0 Å². The average molecular weight is 734 g/mol. The molecule has 0 radical (unpaired) electrons. The van der Waals surface area contributed by atoms with E-state index in [4.69, 9.17) is 0 Å². The maximum Gasteiger partial charge on any atom is 0.0465 e. The van der Waals surface area contributed by atoms with E-state index < -0.39 is 0 Å². The molecule has 1 nitrogen and oxygen atoms in total. The molecule has 0 N–H and O–H groups in total. The molecule has 266 valence electrons. The number of hydrogen-bond acceptors (Lipinski definition) is 2. The van der Waals surface area contributed by atoms with Gasteiger partial charge in [0.15, 0.2) is 0 Å². The molecule has 0 aliphatic heterocycles. The summed E-state index contributed by atoms with van der Waals surface area (Å²) in [6, 6.07) is 59.3. The molecule has 9 aromatic rings. The molecule has 2 heteroatoms. The summed E-state index contributed by atoms with van der Waals surface area (Å²) in [5.74, 6) is 0. The molecule has 56 heavy (non-hydrogen) atoms. The summed E-state index contributed by atoms with van der Waals surface area (Å²) in [6.07, 6.45) is 5.53. The minimum atomic E-state index is 0.0385. The van der Waals surface area contributed by atoms with Crippen LogP contribution in [0.15, 0.2) is 175 Å². The normalized spacial score (nSPS) is 15.3. The Hall–Kier alpha value is -6.22. The van der Waals surface area contributed by atoms with E-state index in [1.54, 1.807) is 5.57 Å². The number of thiophene rings is 1. The summed E-state index contributed by atoms with van der Waals surface area (Å²) >= 11 is 1.92. The van der Waals surface area contributed by atoms with Gasteiger partial charge in [-0.25, -0.2) is 0 Å². The van der Waals surface area contributed by atoms with Crippen molar-refractivity contribution in [2.45, 2.75) is 38.5 Å². The molecule has 1 heterocycles. The highest BCUT2D eigenvalue weighted by Gasteiger charge is 2.38. The molecule has 0 spiro atoms. The van der Waals surface area contributed by atoms with Crippen molar-refractivity contribution in [1.29, 1.82) is 0 Å². The zero-order chi connectivity index (χ0) is 37.1. The van der Waals surface area contributed by atoms with Crippen LogP contribution in [0.25, 0.3) is 69.5 Å². The van der Waals surface area contributed by atoms with E-state index in [1.165, 1.54) is 109 Å². The van der Waals surface area contributed by atoms with E-state index in [2.05, 4.69) is 183 Å². The van der Waals surface area contributed by atoms with Crippen LogP contribution >= 0.6 is 11.3 Å². The number of fused-ring (bicyclic) bond motifs is 12. The van der Waals surface area contributed by atoms with Gasteiger partial charge in [-0.2, -0.15) is 0 Å². The molecule has 3 aliphatic carbocycles. The third kappa shape index (κ3) is 4.66. The van der Waals surface area contributed by atoms with E-state index >= 15 is 0 Å². The summed E-state index contributed by atoms with van der Waals surface area (Å²) in [6.45, 7) is 4.82. The van der Waals surface area contributed by atoms with Crippen LogP contribution in [0.1, 0.15) is 48.9 Å². The van der Waals surface area contributed by atoms with Crippen LogP contribution in [0.4, 0.5) is 11.4 Å². The predicted octanol–water partition coefficient (Wildman–Crippen LogP) is 15.2. The molecule has 12 rings (SSSR count). The fraction of sp³-hybridized carbons (Fsp3) is 0.111. The summed E-state index contributed by atoms with van der Waals surface area (Å²) in [5.41, 5.74) is 17.8. The monoisotopic (exact) mass is 733 g/mol. The maximum absolute atomic E-state index is 2.55. The van der Waals surface area contributed by atoms with Gasteiger partial charge in [0.25, 0.3) is 0 Å². The number of benzene rings is 8. The smallest absolute Gasteiger partial charge is 0.0465 e. The van der Waals surface area contributed by atoms with E-state index in [9.17, 15) is 0 Å². The highest BCUT2D eigenvalue weighted by Crippen LogP contribution is 2.53. The molecule has 0 amide bonds. The Bertz CT molecular complexity index is 3190. The molecule has 0 fully saturated rings. The molecular weight excluding hydrogens is 695 g/mol. The highest BCUT2D eigenvalue weighted by molar-refractivity contribution is 7.26. The van der Waals surface area contributed by atoms with Crippen molar-refractivity contribution in [3.8, 4) is 22.3 Å². The van der Waals surface area contributed by atoms with Crippen molar-refractivity contribution in [3.05, 3.63) is 197 Å². The third-order valence-corrected chi connectivity index (χ3v) is 14.2. The van der Waals surface area contributed by atoms with Gasteiger partial charge in [-0.3, -0.25) is 0 Å². The van der Waals surface area contributed by atoms with Crippen molar-refractivity contribution in [1.82, 2.24) is 0 Å². The zero-order valence-corrected chi connectivity index (χ0v) is 32.4. The first-order chi connectivity index (χ1) is 27.5. The van der Waals surface area contributed by atoms with E-state index in [-0.39, 0.29) is 5.41 Å². The van der Waals surface area contributed by atoms with Crippen LogP contribution in [0.5, 0.6) is 0 Å². The van der Waals surface area contributed by atoms with Gasteiger partial charge >= 0.3 is 0 Å². The third-order valence-electron chi connectivity index (χ3n) is 13.0. The molecule has 0 saturated carbocycles. The molecule has 0 unspecified atom stereocenters. The number of anilines is 2. The summed E-state index contributed by atoms with van der Waals surface area (Å²) in [7, 11) is 0. The molecular formula is C54H39NS. The highest BCUT2D eigenvalue weighted by atomic mass is 32.1. The largest absolute Gasteiger partial charge is 0.314 e. The van der Waals surface area contributed by atoms with Crippen LogP contribution in [-0.2, 0) is 11.8 Å². The Balaban J connectivity index is 1.04. The summed E-state index contributed by atoms with van der Waals surface area (Å²) in [5, 5.41) is 7.99. The first-order valence-corrected chi connectivity index (χ1v) is 20.7. The SMILES string of the molecule is CC1(C)C2=C(C=C(N(c3ccc(-c4ccc5ccccc5c4)cc3)c3ccc4sc5ccc6c(c5c4c3)-c3ccc4ccccc4c3C6)CC2)c2ccccc21. The zero-order valence-electron chi connectivity index (χ0n) is 31.6. The lowest BCUT2D eigenvalue weighted by Crippen LogP contribution is -2.22. The molecule has 3 aliphatic rings. The molecule has 0 saturated heterocycles. The number of hydrogen-bond donors (Lipinski definition) is 0. The van der Waals surface area contributed by atoms with Crippen molar-refractivity contribution < 1.29 is 0 Å². The van der Waals surface area contributed by atoms with E-state index in [0.717, 1.165) is 19.3 Å². The van der Waals surface area contributed by atoms with E-state index in [1.807, 2.05) is 11.3 Å². The molecule has 1 aromatic heterocycles. The Morgan fingerprint density at radius 2 is 1.29 bits per heavy atom. The van der Waals surface area contributed by atoms with Gasteiger partial charge < -0.3 is 4.90 Å². The van der Waals surface area contributed by atoms with Gasteiger partial charge in [0.2, 0.25) is 0 Å². The second kappa shape index (κ2) is 11.9. The minimum absolute atomic E-state index is 0.0385. The molecule has 0 atom stereocenters. The van der Waals surface area contributed by atoms with Gasteiger partial charge in [0.05, 0.1) is 0 Å². The Morgan fingerprint density at radius 1 is 0.554 bits per heavy atom. The number of rotatable bonds is 4. The summed E-state index contributed by atoms with van der Waals surface area (Å²) in [4.78, 5) is 2.55. The van der Waals surface area contributed by atoms with Crippen LogP contribution < -0.4 is 4.90 Å². The van der Waals surface area contributed by atoms with Crippen LogP contribution in [0, 0.1) is 0 Å². The first kappa shape index (κ1) is 32.1. The fourth-order valence-electron chi connectivity index (χ4n) is 10.3. The van der Waals surface area contributed by atoms with Gasteiger partial charge in [-0.1, -0.05) is 135 Å². The second-order valence-electron chi connectivity index (χ2n) is 16.4. The maximum atomic E-state index is 2.55. The molecule has 0 bridgehead atoms. The van der Waals surface area contributed by atoms with Crippen molar-refractivity contribution in [2.24, 2.45) is 0 Å². The van der Waals surface area contributed by atoms with Crippen molar-refractivity contribution in [3.63, 3.8) is 0 Å². The van der Waals surface area contributed by atoms with Gasteiger partial charge in [-0.05, 0) is 139 Å². The quantitative estimate of drug-likeness (QED) is 0.174. The minimum Gasteiger partial charge on any atom is -0.314 e. The summed E-state index contributed by atoms with van der Waals surface area (Å²) < 4.78 is 2.70. The lowest BCUT2D eigenvalue weighted by atomic mass is 9.78. The van der Waals surface area contributed by atoms with Crippen molar-refractivity contribution in [2.75, 3.05) is 4.90 Å².